The lowest BCUT2D eigenvalue weighted by Gasteiger charge is -2.14. The van der Waals surface area contributed by atoms with Crippen molar-refractivity contribution in [1.82, 2.24) is 20.0 Å². The molecule has 19 heavy (non-hydrogen) atoms. The normalized spacial score (nSPS) is 12.8. The molecule has 0 radical (unpaired) electrons. The van der Waals surface area contributed by atoms with Crippen LogP contribution in [0.15, 0.2) is 41.1 Å². The number of fused-ring (bicyclic) bond motifs is 1. The molecule has 0 amide bonds. The minimum absolute atomic E-state index is 0.303. The van der Waals surface area contributed by atoms with Crippen molar-refractivity contribution in [3.05, 3.63) is 52.4 Å². The Morgan fingerprint density at radius 1 is 1.26 bits per heavy atom. The molecule has 0 aliphatic heterocycles. The third-order valence-electron chi connectivity index (χ3n) is 3.14. The second kappa shape index (κ2) is 4.71. The van der Waals surface area contributed by atoms with Crippen molar-refractivity contribution in [3.63, 3.8) is 0 Å². The molecule has 3 aromatic rings. The van der Waals surface area contributed by atoms with Crippen LogP contribution in [-0.4, -0.2) is 20.0 Å². The lowest BCUT2D eigenvalue weighted by Crippen LogP contribution is -2.17. The monoisotopic (exact) mass is 317 g/mol. The first-order valence-electron chi connectivity index (χ1n) is 5.83. The minimum Gasteiger partial charge on any atom is -0.319 e. The summed E-state index contributed by atoms with van der Waals surface area (Å²) in [5.41, 5.74) is 9.16. The molecule has 6 heteroatoms. The van der Waals surface area contributed by atoms with Gasteiger partial charge in [0.1, 0.15) is 0 Å². The Labute approximate surface area is 118 Å². The Balaban J connectivity index is 2.20. The number of aryl methyl sites for hydroxylation is 1. The maximum absolute atomic E-state index is 6.37. The molecule has 0 aliphatic rings. The van der Waals surface area contributed by atoms with Crippen LogP contribution in [0.3, 0.4) is 0 Å². The first kappa shape index (κ1) is 12.3. The first-order chi connectivity index (χ1) is 9.18. The fourth-order valence-electron chi connectivity index (χ4n) is 2.21. The highest BCUT2D eigenvalue weighted by Crippen LogP contribution is 2.28. The highest BCUT2D eigenvalue weighted by molar-refractivity contribution is 9.10. The Bertz CT molecular complexity index is 712. The molecule has 96 valence electrons. The quantitative estimate of drug-likeness (QED) is 0.786. The molecule has 0 saturated heterocycles. The summed E-state index contributed by atoms with van der Waals surface area (Å²) >= 11 is 3.39. The summed E-state index contributed by atoms with van der Waals surface area (Å²) in [4.78, 5) is 4.35. The van der Waals surface area contributed by atoms with Gasteiger partial charge in [-0.2, -0.15) is 0 Å². The maximum Gasteiger partial charge on any atom is 0.153 e. The Morgan fingerprint density at radius 2 is 2.05 bits per heavy atom. The molecule has 5 nitrogen and oxygen atoms in total. The average molecular weight is 318 g/mol. The van der Waals surface area contributed by atoms with Gasteiger partial charge in [0.15, 0.2) is 4.60 Å². The van der Waals surface area contributed by atoms with Crippen molar-refractivity contribution in [2.45, 2.75) is 6.04 Å². The minimum atomic E-state index is -0.303. The molecule has 2 aromatic heterocycles. The number of hydrogen-bond acceptors (Lipinski definition) is 4. The lowest BCUT2D eigenvalue weighted by atomic mass is 10.0. The predicted molar refractivity (Wildman–Crippen MR) is 76.5 cm³/mol. The third kappa shape index (κ3) is 2.02. The lowest BCUT2D eigenvalue weighted by molar-refractivity contribution is 0.652. The van der Waals surface area contributed by atoms with Crippen molar-refractivity contribution in [3.8, 4) is 0 Å². The summed E-state index contributed by atoms with van der Waals surface area (Å²) < 4.78 is 2.35. The number of nitrogens with zero attached hydrogens (tertiary/aromatic N) is 4. The van der Waals surface area contributed by atoms with Gasteiger partial charge in [0, 0.05) is 18.6 Å². The van der Waals surface area contributed by atoms with Gasteiger partial charge in [0.05, 0.1) is 17.3 Å². The molecule has 1 aromatic carbocycles. The molecule has 1 unspecified atom stereocenters. The number of nitrogens with two attached hydrogens (primary N) is 1. The summed E-state index contributed by atoms with van der Waals surface area (Å²) in [5, 5.41) is 8.99. The van der Waals surface area contributed by atoms with E-state index in [0.717, 1.165) is 22.2 Å². The van der Waals surface area contributed by atoms with E-state index in [1.165, 1.54) is 0 Å². The van der Waals surface area contributed by atoms with Crippen LogP contribution in [0.25, 0.3) is 10.9 Å². The summed E-state index contributed by atoms with van der Waals surface area (Å²) in [6.45, 7) is 0. The van der Waals surface area contributed by atoms with Crippen LogP contribution in [0, 0.1) is 0 Å². The van der Waals surface area contributed by atoms with E-state index in [9.17, 15) is 0 Å². The Kier molecular flexibility index (Phi) is 3.04. The van der Waals surface area contributed by atoms with Crippen molar-refractivity contribution >= 4 is 26.8 Å². The van der Waals surface area contributed by atoms with Crippen LogP contribution in [-0.2, 0) is 7.05 Å². The van der Waals surface area contributed by atoms with Crippen LogP contribution < -0.4 is 5.73 Å². The van der Waals surface area contributed by atoms with Gasteiger partial charge in [-0.3, -0.25) is 4.98 Å². The zero-order valence-corrected chi connectivity index (χ0v) is 11.9. The number of benzene rings is 1. The molecule has 2 N–H and O–H groups in total. The molecule has 0 bridgehead atoms. The number of aromatic nitrogens is 4. The highest BCUT2D eigenvalue weighted by atomic mass is 79.9. The number of hydrogen-bond donors (Lipinski definition) is 1. The summed E-state index contributed by atoms with van der Waals surface area (Å²) in [6.07, 6.45) is 1.77. The van der Waals surface area contributed by atoms with Crippen LogP contribution in [0.1, 0.15) is 17.3 Å². The van der Waals surface area contributed by atoms with E-state index in [1.807, 2.05) is 37.4 Å². The summed E-state index contributed by atoms with van der Waals surface area (Å²) in [7, 11) is 1.83. The van der Waals surface area contributed by atoms with Gasteiger partial charge >= 0.3 is 0 Å². The van der Waals surface area contributed by atoms with Crippen molar-refractivity contribution in [1.29, 1.82) is 0 Å². The molecule has 2 heterocycles. The second-order valence-electron chi connectivity index (χ2n) is 4.28. The van der Waals surface area contributed by atoms with Gasteiger partial charge in [0.25, 0.3) is 0 Å². The molecule has 1 atom stereocenters. The first-order valence-corrected chi connectivity index (χ1v) is 6.62. The van der Waals surface area contributed by atoms with E-state index in [4.69, 9.17) is 5.73 Å². The standard InChI is InChI=1S/C13H12BrN5/c1-19-12(13(14)17-18-19)11(15)9-6-7-16-10-5-3-2-4-8(9)10/h2-7,11H,15H2,1H3. The van der Waals surface area contributed by atoms with Gasteiger partial charge in [0.2, 0.25) is 0 Å². The van der Waals surface area contributed by atoms with Gasteiger partial charge in [-0.15, -0.1) is 5.10 Å². The van der Waals surface area contributed by atoms with E-state index in [0.29, 0.717) is 4.60 Å². The van der Waals surface area contributed by atoms with E-state index >= 15 is 0 Å². The smallest absolute Gasteiger partial charge is 0.153 e. The molecule has 0 spiro atoms. The van der Waals surface area contributed by atoms with E-state index in [1.54, 1.807) is 10.9 Å². The fraction of sp³-hybridized carbons (Fsp3) is 0.154. The number of halogens is 1. The van der Waals surface area contributed by atoms with Crippen LogP contribution in [0.2, 0.25) is 0 Å². The zero-order chi connectivity index (χ0) is 13.4. The molecular weight excluding hydrogens is 306 g/mol. The Hall–Kier alpha value is -1.79. The van der Waals surface area contributed by atoms with E-state index < -0.39 is 0 Å². The largest absolute Gasteiger partial charge is 0.319 e. The van der Waals surface area contributed by atoms with E-state index in [2.05, 4.69) is 31.2 Å². The average Bonchev–Trinajstić information content (AvgIpc) is 2.77. The predicted octanol–water partition coefficient (Wildman–Crippen LogP) is 2.17. The molecule has 0 saturated carbocycles. The van der Waals surface area contributed by atoms with Gasteiger partial charge < -0.3 is 5.73 Å². The molecule has 3 rings (SSSR count). The van der Waals surface area contributed by atoms with Gasteiger partial charge in [-0.25, -0.2) is 4.68 Å². The highest BCUT2D eigenvalue weighted by Gasteiger charge is 2.19. The molecular formula is C13H12BrN5. The zero-order valence-electron chi connectivity index (χ0n) is 10.3. The SMILES string of the molecule is Cn1nnc(Br)c1C(N)c1ccnc2ccccc12. The van der Waals surface area contributed by atoms with E-state index in [-0.39, 0.29) is 6.04 Å². The molecule has 0 fully saturated rings. The number of para-hydroxylation sites is 1. The summed E-state index contributed by atoms with van der Waals surface area (Å²) in [5.74, 6) is 0. The maximum atomic E-state index is 6.37. The molecule has 0 aliphatic carbocycles. The number of pyridine rings is 1. The van der Waals surface area contributed by atoms with Gasteiger partial charge in [-0.1, -0.05) is 23.4 Å². The van der Waals surface area contributed by atoms with Crippen molar-refractivity contribution < 1.29 is 0 Å². The number of rotatable bonds is 2. The van der Waals surface area contributed by atoms with Crippen LogP contribution in [0.5, 0.6) is 0 Å². The topological polar surface area (TPSA) is 69.6 Å². The summed E-state index contributed by atoms with van der Waals surface area (Å²) in [6, 6.07) is 9.58. The van der Waals surface area contributed by atoms with Crippen LogP contribution in [0.4, 0.5) is 0 Å². The third-order valence-corrected chi connectivity index (χ3v) is 3.70. The van der Waals surface area contributed by atoms with Crippen molar-refractivity contribution in [2.24, 2.45) is 12.8 Å². The second-order valence-corrected chi connectivity index (χ2v) is 5.04. The Morgan fingerprint density at radius 3 is 2.79 bits per heavy atom. The fourth-order valence-corrected chi connectivity index (χ4v) is 2.78. The van der Waals surface area contributed by atoms with Gasteiger partial charge in [-0.05, 0) is 33.6 Å². The van der Waals surface area contributed by atoms with Crippen molar-refractivity contribution in [2.75, 3.05) is 0 Å². The van der Waals surface area contributed by atoms with Crippen LogP contribution >= 0.6 is 15.9 Å².